The lowest BCUT2D eigenvalue weighted by Crippen LogP contribution is -2.29. The second-order valence-electron chi connectivity index (χ2n) is 3.12. The van der Waals surface area contributed by atoms with Crippen LogP contribution >= 0.6 is 11.8 Å². The summed E-state index contributed by atoms with van der Waals surface area (Å²) in [6, 6.07) is 0.501. The summed E-state index contributed by atoms with van der Waals surface area (Å²) in [5, 5.41) is 3.42. The first kappa shape index (κ1) is 13.5. The van der Waals surface area contributed by atoms with Gasteiger partial charge in [-0.1, -0.05) is 6.92 Å². The topological polar surface area (TPSA) is 29.1 Å². The number of hydrogen-bond acceptors (Lipinski definition) is 3. The normalized spacial score (nSPS) is 15.6. The van der Waals surface area contributed by atoms with Crippen LogP contribution in [0.25, 0.3) is 0 Å². The molecule has 0 spiro atoms. The van der Waals surface area contributed by atoms with Crippen LogP contribution in [-0.2, 0) is 10.8 Å². The van der Waals surface area contributed by atoms with Crippen LogP contribution in [0.2, 0.25) is 0 Å². The lowest BCUT2D eigenvalue weighted by Gasteiger charge is -2.12. The monoisotopic (exact) mass is 223 g/mol. The summed E-state index contributed by atoms with van der Waals surface area (Å²) in [4.78, 5) is 0. The van der Waals surface area contributed by atoms with Gasteiger partial charge in [-0.2, -0.15) is 11.8 Å². The standard InChI is InChI=1S/C9H21NOS2/c1-4-12-7-6-10-9(2)5-8-13(3)11/h9-10H,4-8H2,1-3H3. The van der Waals surface area contributed by atoms with Crippen molar-refractivity contribution in [1.82, 2.24) is 5.32 Å². The average molecular weight is 223 g/mol. The molecule has 0 saturated carbocycles. The molecule has 0 aliphatic rings. The third kappa shape index (κ3) is 10.4. The first-order valence-electron chi connectivity index (χ1n) is 4.78. The maximum atomic E-state index is 10.8. The maximum absolute atomic E-state index is 10.8. The van der Waals surface area contributed by atoms with Gasteiger partial charge >= 0.3 is 0 Å². The number of hydrogen-bond donors (Lipinski definition) is 1. The van der Waals surface area contributed by atoms with E-state index < -0.39 is 10.8 Å². The lowest BCUT2D eigenvalue weighted by molar-refractivity contribution is 0.555. The molecule has 0 aliphatic carbocycles. The van der Waals surface area contributed by atoms with E-state index in [1.807, 2.05) is 11.8 Å². The summed E-state index contributed by atoms with van der Waals surface area (Å²) in [6.07, 6.45) is 2.78. The third-order valence-corrected chi connectivity index (χ3v) is 3.49. The van der Waals surface area contributed by atoms with E-state index in [-0.39, 0.29) is 0 Å². The SMILES string of the molecule is CCSCCNC(C)CCS(C)=O. The predicted molar refractivity (Wildman–Crippen MR) is 64.0 cm³/mol. The zero-order valence-electron chi connectivity index (χ0n) is 8.84. The van der Waals surface area contributed by atoms with Gasteiger partial charge in [0.1, 0.15) is 0 Å². The van der Waals surface area contributed by atoms with Crippen molar-refractivity contribution in [2.75, 3.05) is 30.1 Å². The van der Waals surface area contributed by atoms with Crippen molar-refractivity contribution in [3.05, 3.63) is 0 Å². The molecular weight excluding hydrogens is 202 g/mol. The van der Waals surface area contributed by atoms with E-state index >= 15 is 0 Å². The summed E-state index contributed by atoms with van der Waals surface area (Å²) in [6.45, 7) is 5.40. The molecule has 0 fully saturated rings. The van der Waals surface area contributed by atoms with Gasteiger partial charge in [-0.25, -0.2) is 0 Å². The Balaban J connectivity index is 3.19. The molecule has 2 unspecified atom stereocenters. The summed E-state index contributed by atoms with van der Waals surface area (Å²) < 4.78 is 10.8. The molecule has 2 atom stereocenters. The lowest BCUT2D eigenvalue weighted by atomic mass is 10.3. The van der Waals surface area contributed by atoms with Crippen LogP contribution in [0.15, 0.2) is 0 Å². The zero-order chi connectivity index (χ0) is 10.1. The van der Waals surface area contributed by atoms with Gasteiger partial charge in [0.2, 0.25) is 0 Å². The predicted octanol–water partition coefficient (Wildman–Crippen LogP) is 1.49. The van der Waals surface area contributed by atoms with Crippen LogP contribution in [0, 0.1) is 0 Å². The molecule has 0 aromatic rings. The molecule has 4 heteroatoms. The molecule has 0 aliphatic heterocycles. The summed E-state index contributed by atoms with van der Waals surface area (Å²) in [5.41, 5.74) is 0. The van der Waals surface area contributed by atoms with Crippen LogP contribution in [0.4, 0.5) is 0 Å². The van der Waals surface area contributed by atoms with Crippen LogP contribution in [-0.4, -0.2) is 40.3 Å². The van der Waals surface area contributed by atoms with Crippen LogP contribution < -0.4 is 5.32 Å². The van der Waals surface area contributed by atoms with E-state index in [0.29, 0.717) is 6.04 Å². The summed E-state index contributed by atoms with van der Waals surface area (Å²) >= 11 is 1.95. The maximum Gasteiger partial charge on any atom is 0.0246 e. The van der Waals surface area contributed by atoms with E-state index in [9.17, 15) is 4.21 Å². The Morgan fingerprint density at radius 1 is 1.54 bits per heavy atom. The second-order valence-corrected chi connectivity index (χ2v) is 6.07. The van der Waals surface area contributed by atoms with Gasteiger partial charge in [0.25, 0.3) is 0 Å². The largest absolute Gasteiger partial charge is 0.313 e. The van der Waals surface area contributed by atoms with Gasteiger partial charge in [-0.3, -0.25) is 4.21 Å². The van der Waals surface area contributed by atoms with Crippen molar-refractivity contribution in [3.63, 3.8) is 0 Å². The van der Waals surface area contributed by atoms with Crippen LogP contribution in [0.5, 0.6) is 0 Å². The van der Waals surface area contributed by atoms with Gasteiger partial charge in [-0.05, 0) is 19.1 Å². The minimum atomic E-state index is -0.640. The van der Waals surface area contributed by atoms with E-state index in [1.165, 1.54) is 11.5 Å². The van der Waals surface area contributed by atoms with Gasteiger partial charge < -0.3 is 5.32 Å². The molecule has 13 heavy (non-hydrogen) atoms. The Morgan fingerprint density at radius 2 is 2.23 bits per heavy atom. The molecular formula is C9H21NOS2. The van der Waals surface area contributed by atoms with Crippen molar-refractivity contribution in [3.8, 4) is 0 Å². The molecule has 0 rings (SSSR count). The Morgan fingerprint density at radius 3 is 2.77 bits per heavy atom. The average Bonchev–Trinajstić information content (AvgIpc) is 2.09. The summed E-state index contributed by atoms with van der Waals surface area (Å²) in [7, 11) is -0.640. The third-order valence-electron chi connectivity index (χ3n) is 1.78. The minimum absolute atomic E-state index is 0.501. The van der Waals surface area contributed by atoms with Crippen molar-refractivity contribution in [1.29, 1.82) is 0 Å². The molecule has 0 radical (unpaired) electrons. The molecule has 0 aromatic carbocycles. The van der Waals surface area contributed by atoms with Gasteiger partial charge in [-0.15, -0.1) is 0 Å². The highest BCUT2D eigenvalue weighted by atomic mass is 32.2. The number of rotatable bonds is 8. The van der Waals surface area contributed by atoms with E-state index in [1.54, 1.807) is 6.26 Å². The summed E-state index contributed by atoms with van der Waals surface area (Å²) in [5.74, 6) is 3.18. The Hall–Kier alpha value is 0.460. The fraction of sp³-hybridized carbons (Fsp3) is 1.00. The molecule has 0 heterocycles. The molecule has 1 N–H and O–H groups in total. The highest BCUT2D eigenvalue weighted by Crippen LogP contribution is 1.97. The number of nitrogens with one attached hydrogen (secondary N) is 1. The molecule has 80 valence electrons. The Labute approximate surface area is 88.7 Å². The molecule has 2 nitrogen and oxygen atoms in total. The van der Waals surface area contributed by atoms with Gasteiger partial charge in [0.15, 0.2) is 0 Å². The quantitative estimate of drug-likeness (QED) is 0.632. The first-order chi connectivity index (χ1) is 6.16. The highest BCUT2D eigenvalue weighted by Gasteiger charge is 2.01. The molecule has 0 saturated heterocycles. The van der Waals surface area contributed by atoms with Crippen LogP contribution in [0.3, 0.4) is 0 Å². The molecule has 0 bridgehead atoms. The fourth-order valence-electron chi connectivity index (χ4n) is 0.967. The first-order valence-corrected chi connectivity index (χ1v) is 7.66. The Kier molecular flexibility index (Phi) is 9.35. The zero-order valence-corrected chi connectivity index (χ0v) is 10.5. The highest BCUT2D eigenvalue weighted by molar-refractivity contribution is 7.99. The van der Waals surface area contributed by atoms with Gasteiger partial charge in [0.05, 0.1) is 0 Å². The molecule has 0 amide bonds. The van der Waals surface area contributed by atoms with E-state index in [2.05, 4.69) is 19.2 Å². The second kappa shape index (κ2) is 9.03. The van der Waals surface area contributed by atoms with Crippen molar-refractivity contribution >= 4 is 22.6 Å². The molecule has 0 aromatic heterocycles. The van der Waals surface area contributed by atoms with Crippen molar-refractivity contribution < 1.29 is 4.21 Å². The van der Waals surface area contributed by atoms with E-state index in [0.717, 1.165) is 18.7 Å². The fourth-order valence-corrected chi connectivity index (χ4v) is 2.20. The van der Waals surface area contributed by atoms with E-state index in [4.69, 9.17) is 0 Å². The van der Waals surface area contributed by atoms with Gasteiger partial charge in [0, 0.05) is 41.1 Å². The van der Waals surface area contributed by atoms with Crippen LogP contribution in [0.1, 0.15) is 20.3 Å². The minimum Gasteiger partial charge on any atom is -0.313 e. The van der Waals surface area contributed by atoms with Crippen molar-refractivity contribution in [2.45, 2.75) is 26.3 Å². The smallest absolute Gasteiger partial charge is 0.0246 e. The van der Waals surface area contributed by atoms with Crippen molar-refractivity contribution in [2.24, 2.45) is 0 Å². The Bertz CT molecular complexity index is 142. The number of thioether (sulfide) groups is 1.